The number of aromatic nitrogens is 4. The van der Waals surface area contributed by atoms with Crippen molar-refractivity contribution in [2.45, 2.75) is 38.2 Å². The van der Waals surface area contributed by atoms with E-state index in [-0.39, 0.29) is 12.4 Å². The van der Waals surface area contributed by atoms with Gasteiger partial charge in [0.25, 0.3) is 0 Å². The van der Waals surface area contributed by atoms with Gasteiger partial charge in [-0.1, -0.05) is 42.8 Å². The van der Waals surface area contributed by atoms with E-state index in [2.05, 4.69) is 32.0 Å². The van der Waals surface area contributed by atoms with E-state index < -0.39 is 10.9 Å². The third kappa shape index (κ3) is 5.04. The molecule has 0 radical (unpaired) electrons. The van der Waals surface area contributed by atoms with Crippen LogP contribution in [-0.2, 0) is 5.44 Å². The number of nitriles is 1. The van der Waals surface area contributed by atoms with Gasteiger partial charge < -0.3 is 15.7 Å². The fourth-order valence-corrected chi connectivity index (χ4v) is 4.64. The van der Waals surface area contributed by atoms with Gasteiger partial charge in [-0.25, -0.2) is 9.07 Å². The zero-order chi connectivity index (χ0) is 27.1. The highest BCUT2D eigenvalue weighted by Crippen LogP contribution is 2.38. The van der Waals surface area contributed by atoms with E-state index in [1.165, 1.54) is 18.3 Å². The van der Waals surface area contributed by atoms with E-state index in [1.54, 1.807) is 18.2 Å². The predicted octanol–water partition coefficient (Wildman–Crippen LogP) is 4.20. The molecule has 0 amide bonds. The Hall–Kier alpha value is -3.68. The Morgan fingerprint density at radius 2 is 2.00 bits per heavy atom. The Balaban J connectivity index is 1.61. The summed E-state index contributed by atoms with van der Waals surface area (Å²) in [6, 6.07) is 12.5. The smallest absolute Gasteiger partial charge is 0.148 e. The zero-order valence-corrected chi connectivity index (χ0v) is 22.2. The molecule has 2 aromatic carbocycles. The lowest BCUT2D eigenvalue weighted by Gasteiger charge is -2.31. The molecule has 11 heteroatoms. The van der Waals surface area contributed by atoms with Gasteiger partial charge in [-0.2, -0.15) is 5.26 Å². The van der Waals surface area contributed by atoms with Crippen molar-refractivity contribution in [3.63, 3.8) is 0 Å². The normalized spacial score (nSPS) is 15.2. The van der Waals surface area contributed by atoms with E-state index in [9.17, 15) is 14.8 Å². The number of benzene rings is 2. The second-order valence-corrected chi connectivity index (χ2v) is 11.2. The number of hydrogen-bond donors (Lipinski definition) is 3. The van der Waals surface area contributed by atoms with Crippen LogP contribution in [0.15, 0.2) is 48.8 Å². The first-order valence-corrected chi connectivity index (χ1v) is 12.8. The molecule has 1 aliphatic carbocycles. The van der Waals surface area contributed by atoms with Crippen LogP contribution in [0.3, 0.4) is 0 Å². The number of hydrogen-bond acceptors (Lipinski definition) is 7. The third-order valence-corrected chi connectivity index (χ3v) is 7.26. The Morgan fingerprint density at radius 1 is 1.26 bits per heavy atom. The van der Waals surface area contributed by atoms with Crippen LogP contribution in [0.4, 0.5) is 15.8 Å². The molecule has 0 aliphatic heterocycles. The highest BCUT2D eigenvalue weighted by atomic mass is 35.5. The second-order valence-electron chi connectivity index (χ2n) is 10.8. The molecule has 38 heavy (non-hydrogen) atoms. The number of aliphatic hydroxyl groups excluding tert-OH is 1. The van der Waals surface area contributed by atoms with Crippen LogP contribution in [0.2, 0.25) is 5.02 Å². The average Bonchev–Trinajstić information content (AvgIpc) is 3.63. The number of rotatable bonds is 9. The van der Waals surface area contributed by atoms with Crippen LogP contribution < -0.4 is 10.6 Å². The molecule has 0 saturated heterocycles. The number of fused-ring (bicyclic) bond motifs is 1. The summed E-state index contributed by atoms with van der Waals surface area (Å²) in [7, 11) is 1.96. The quantitative estimate of drug-likeness (QED) is 0.278. The number of halogens is 2. The van der Waals surface area contributed by atoms with Gasteiger partial charge in [0.1, 0.15) is 25.4 Å². The first-order valence-electron chi connectivity index (χ1n) is 12.5. The summed E-state index contributed by atoms with van der Waals surface area (Å²) in [6.45, 7) is 4.27. The van der Waals surface area contributed by atoms with Crippen LogP contribution in [0.1, 0.15) is 49.6 Å². The van der Waals surface area contributed by atoms with Gasteiger partial charge in [0.05, 0.1) is 39.5 Å². The molecule has 1 aliphatic rings. The van der Waals surface area contributed by atoms with Gasteiger partial charge >= 0.3 is 0 Å². The van der Waals surface area contributed by atoms with Gasteiger partial charge in [-0.15, -0.1) is 5.10 Å². The highest BCUT2D eigenvalue weighted by Gasteiger charge is 2.34. The van der Waals surface area contributed by atoms with Crippen LogP contribution in [0.25, 0.3) is 10.9 Å². The Labute approximate surface area is 226 Å². The lowest BCUT2D eigenvalue weighted by atomic mass is 9.69. The van der Waals surface area contributed by atoms with Crippen molar-refractivity contribution in [2.75, 3.05) is 23.8 Å². The largest absolute Gasteiger partial charge is 0.396 e. The summed E-state index contributed by atoms with van der Waals surface area (Å²) >= 11 is 6.71. The summed E-state index contributed by atoms with van der Waals surface area (Å²) in [5.41, 5.74) is 2.37. The van der Waals surface area contributed by atoms with Crippen molar-refractivity contribution in [3.05, 3.63) is 76.5 Å². The van der Waals surface area contributed by atoms with Crippen LogP contribution in [-0.4, -0.2) is 46.1 Å². The van der Waals surface area contributed by atoms with Crippen molar-refractivity contribution in [2.24, 2.45) is 5.41 Å². The monoisotopic (exact) mass is 531 g/mol. The number of nitrogens with one attached hydrogen (secondary N) is 2. The van der Waals surface area contributed by atoms with Gasteiger partial charge in [-0.3, -0.25) is 4.98 Å². The van der Waals surface area contributed by atoms with Crippen molar-refractivity contribution in [3.8, 4) is 6.07 Å². The zero-order valence-electron chi connectivity index (χ0n) is 21.5. The SMILES string of the molecule is BC(Nc1cc(Cl)c2ncc(C#N)c(NCC(C)(C)CO)c2c1)(c1ccc(F)cc1)c1cn(C2CC2)nn1. The summed E-state index contributed by atoms with van der Waals surface area (Å²) < 4.78 is 15.7. The summed E-state index contributed by atoms with van der Waals surface area (Å²) in [5, 5.41) is 36.3. The lowest BCUT2D eigenvalue weighted by Crippen LogP contribution is -2.37. The molecule has 2 aromatic heterocycles. The maximum atomic E-state index is 13.8. The topological polar surface area (TPSA) is 112 Å². The summed E-state index contributed by atoms with van der Waals surface area (Å²) in [5.74, 6) is -0.330. The van der Waals surface area contributed by atoms with Crippen molar-refractivity contribution in [1.29, 1.82) is 5.26 Å². The molecule has 3 N–H and O–H groups in total. The maximum absolute atomic E-state index is 13.8. The number of anilines is 2. The Morgan fingerprint density at radius 3 is 2.66 bits per heavy atom. The van der Waals surface area contributed by atoms with Gasteiger partial charge in [0, 0.05) is 35.8 Å². The molecule has 1 unspecified atom stereocenters. The standard InChI is InChI=1S/C27H28BClFN7O/c1-26(2,15-38)14-33-24-16(11-31)12-32-25-21(24)9-19(10-22(25)29)34-27(28,17-3-5-18(30)6-4-17)23-13-37(36-35-23)20-7-8-20/h3-6,9-10,12-13,20,34,38H,7-8,14-15,28H2,1-2H3,(H,32,33). The lowest BCUT2D eigenvalue weighted by molar-refractivity contribution is 0.171. The predicted molar refractivity (Wildman–Crippen MR) is 148 cm³/mol. The van der Waals surface area contributed by atoms with E-state index in [0.29, 0.717) is 51.1 Å². The molecule has 2 heterocycles. The third-order valence-electron chi connectivity index (χ3n) is 6.98. The minimum absolute atomic E-state index is 0.0178. The Kier molecular flexibility index (Phi) is 6.76. The highest BCUT2D eigenvalue weighted by molar-refractivity contribution is 6.36. The van der Waals surface area contributed by atoms with E-state index in [0.717, 1.165) is 18.4 Å². The number of pyridine rings is 1. The summed E-state index contributed by atoms with van der Waals surface area (Å²) in [6.07, 6.45) is 5.56. The molecule has 0 spiro atoms. The molecule has 1 saturated carbocycles. The van der Waals surface area contributed by atoms with E-state index in [1.807, 2.05) is 38.6 Å². The first kappa shape index (κ1) is 26.0. The Bertz CT molecular complexity index is 1530. The average molecular weight is 532 g/mol. The van der Waals surface area contributed by atoms with Crippen LogP contribution in [0.5, 0.6) is 0 Å². The fraction of sp³-hybridized carbons (Fsp3) is 0.333. The van der Waals surface area contributed by atoms with E-state index >= 15 is 0 Å². The fourth-order valence-electron chi connectivity index (χ4n) is 4.37. The van der Waals surface area contributed by atoms with Crippen LogP contribution >= 0.6 is 11.6 Å². The molecular formula is C27H28BClFN7O. The minimum Gasteiger partial charge on any atom is -0.396 e. The van der Waals surface area contributed by atoms with Crippen molar-refractivity contribution in [1.82, 2.24) is 20.0 Å². The van der Waals surface area contributed by atoms with E-state index in [4.69, 9.17) is 11.6 Å². The molecule has 8 nitrogen and oxygen atoms in total. The van der Waals surface area contributed by atoms with Gasteiger partial charge in [0.2, 0.25) is 0 Å². The summed E-state index contributed by atoms with van der Waals surface area (Å²) in [4.78, 5) is 4.43. The van der Waals surface area contributed by atoms with Crippen molar-refractivity contribution >= 4 is 41.7 Å². The van der Waals surface area contributed by atoms with Gasteiger partial charge in [0.15, 0.2) is 0 Å². The second kappa shape index (κ2) is 9.89. The molecular weight excluding hydrogens is 504 g/mol. The number of nitrogens with zero attached hydrogens (tertiary/aromatic N) is 5. The van der Waals surface area contributed by atoms with Crippen molar-refractivity contribution < 1.29 is 9.50 Å². The molecule has 5 rings (SSSR count). The molecule has 4 aromatic rings. The van der Waals surface area contributed by atoms with Crippen LogP contribution in [0, 0.1) is 22.6 Å². The molecule has 1 atom stereocenters. The first-order chi connectivity index (χ1) is 18.1. The molecule has 0 bridgehead atoms. The molecule has 194 valence electrons. The minimum atomic E-state index is -0.870. The number of aliphatic hydroxyl groups is 1. The molecule has 1 fully saturated rings. The van der Waals surface area contributed by atoms with Gasteiger partial charge in [-0.05, 0) is 42.7 Å². The maximum Gasteiger partial charge on any atom is 0.148 e.